The number of nitrogens with two attached hydrogens (primary N) is 1. The van der Waals surface area contributed by atoms with Crippen molar-refractivity contribution in [2.75, 3.05) is 90.8 Å². The summed E-state index contributed by atoms with van der Waals surface area (Å²) in [5, 5.41) is 22.5. The molecule has 2 saturated carbocycles. The Kier molecular flexibility index (Phi) is 11.0. The Morgan fingerprint density at radius 2 is 1.51 bits per heavy atom. The van der Waals surface area contributed by atoms with Crippen molar-refractivity contribution < 1.29 is 19.1 Å². The van der Waals surface area contributed by atoms with Crippen LogP contribution in [0.3, 0.4) is 0 Å². The van der Waals surface area contributed by atoms with Crippen LogP contribution in [0.5, 0.6) is 5.75 Å². The van der Waals surface area contributed by atoms with Gasteiger partial charge in [-0.3, -0.25) is 15.0 Å². The number of para-hydroxylation sites is 1. The molecular formula is C50H60FN11O3. The van der Waals surface area contributed by atoms with Crippen LogP contribution in [0.1, 0.15) is 88.2 Å². The third kappa shape index (κ3) is 8.32. The monoisotopic (exact) mass is 881 g/mol. The minimum atomic E-state index is -0.364. The zero-order chi connectivity index (χ0) is 44.2. The molecule has 4 aliphatic heterocycles. The summed E-state index contributed by atoms with van der Waals surface area (Å²) in [6.07, 6.45) is 16.4. The standard InChI is InChI=1S/C50H60FN11O3/c51-41-8-7-36(58-23-25-60(26-24-58)44-29-42(55-56-47(44)52)38-3-1-2-4-45(38)63)28-43(41)59-18-11-33(12-19-59)31-57-21-16-50(17-22-57)14-9-35(10-15-50)62-32-40(34-5-6-34)39-27-37(30-53-48(39)62)61-20-13-46(64)54-49(61)65/h1-4,7-8,27-30,32-35,63H,5-6,9-26,31H2,(H2,52,56)(H,54,64,65). The molecule has 65 heavy (non-hydrogen) atoms. The molecule has 340 valence electrons. The van der Waals surface area contributed by atoms with E-state index in [1.165, 1.54) is 56.9 Å². The molecule has 7 heterocycles. The summed E-state index contributed by atoms with van der Waals surface area (Å²) < 4.78 is 17.9. The van der Waals surface area contributed by atoms with Crippen LogP contribution < -0.4 is 30.7 Å². The molecule has 5 aromatic rings. The number of phenolic OH excluding ortho intramolecular Hbond substituents is 1. The first-order valence-corrected chi connectivity index (χ1v) is 24.0. The van der Waals surface area contributed by atoms with Gasteiger partial charge in [-0.15, -0.1) is 10.2 Å². The van der Waals surface area contributed by atoms with Gasteiger partial charge in [0.1, 0.15) is 17.2 Å². The first-order valence-electron chi connectivity index (χ1n) is 24.0. The molecular weight excluding hydrogens is 822 g/mol. The Hall–Kier alpha value is -5.96. The number of nitrogens with zero attached hydrogens (tertiary/aromatic N) is 9. The van der Waals surface area contributed by atoms with Crippen molar-refractivity contribution in [2.24, 2.45) is 11.3 Å². The number of aromatic nitrogens is 4. The quantitative estimate of drug-likeness (QED) is 0.134. The highest BCUT2D eigenvalue weighted by molar-refractivity contribution is 6.06. The van der Waals surface area contributed by atoms with E-state index in [-0.39, 0.29) is 23.5 Å². The van der Waals surface area contributed by atoms with E-state index in [1.54, 1.807) is 23.1 Å². The van der Waals surface area contributed by atoms with Gasteiger partial charge in [0, 0.05) is 87.7 Å². The lowest BCUT2D eigenvalue weighted by atomic mass is 9.67. The number of piperidine rings is 2. The third-order valence-corrected chi connectivity index (χ3v) is 15.8. The van der Waals surface area contributed by atoms with E-state index in [0.717, 1.165) is 99.8 Å². The van der Waals surface area contributed by atoms with E-state index in [1.807, 2.05) is 36.5 Å². The van der Waals surface area contributed by atoms with Gasteiger partial charge in [0.15, 0.2) is 5.82 Å². The number of halogens is 1. The summed E-state index contributed by atoms with van der Waals surface area (Å²) in [6.45, 7) is 8.55. The molecule has 2 aromatic carbocycles. The molecule has 1 spiro atoms. The number of hydrogen-bond acceptors (Lipinski definition) is 11. The maximum atomic E-state index is 15.5. The maximum Gasteiger partial charge on any atom is 0.328 e. The van der Waals surface area contributed by atoms with Crippen LogP contribution in [0, 0.1) is 17.2 Å². The lowest BCUT2D eigenvalue weighted by Crippen LogP contribution is -2.49. The van der Waals surface area contributed by atoms with Crippen molar-refractivity contribution in [1.82, 2.24) is 30.0 Å². The predicted octanol–water partition coefficient (Wildman–Crippen LogP) is 7.68. The maximum absolute atomic E-state index is 15.5. The van der Waals surface area contributed by atoms with Crippen LogP contribution in [-0.4, -0.2) is 107 Å². The average molecular weight is 882 g/mol. The van der Waals surface area contributed by atoms with E-state index < -0.39 is 0 Å². The molecule has 2 aliphatic carbocycles. The number of carbonyl (C=O) groups excluding carboxylic acids is 2. The Balaban J connectivity index is 0.658. The number of hydrogen-bond donors (Lipinski definition) is 3. The molecule has 11 rings (SSSR count). The highest BCUT2D eigenvalue weighted by atomic mass is 19.1. The number of rotatable bonds is 9. The summed E-state index contributed by atoms with van der Waals surface area (Å²) in [5.41, 5.74) is 13.6. The number of nitrogens with one attached hydrogen (secondary N) is 1. The summed E-state index contributed by atoms with van der Waals surface area (Å²) in [6, 6.07) is 16.8. The number of carbonyl (C=O) groups is 2. The molecule has 3 amide bonds. The number of benzene rings is 2. The summed E-state index contributed by atoms with van der Waals surface area (Å²) >= 11 is 0. The molecule has 4 saturated heterocycles. The van der Waals surface area contributed by atoms with Crippen molar-refractivity contribution in [3.05, 3.63) is 78.4 Å². The summed E-state index contributed by atoms with van der Waals surface area (Å²) in [7, 11) is 0. The van der Waals surface area contributed by atoms with Crippen molar-refractivity contribution in [2.45, 2.75) is 82.6 Å². The molecule has 15 heteroatoms. The molecule has 4 N–H and O–H groups in total. The SMILES string of the molecule is Nc1nnc(-c2ccccc2O)cc1N1CCN(c2ccc(F)c(N3CCC(CN4CCC5(CCC(n6cc(C7CC7)c7cc(N8CCC(=O)NC8=O)cnc76)CC5)CC4)CC3)c2)CC1. The molecule has 0 unspecified atom stereocenters. The highest BCUT2D eigenvalue weighted by Crippen LogP contribution is 2.50. The summed E-state index contributed by atoms with van der Waals surface area (Å²) in [4.78, 5) is 40.5. The first kappa shape index (κ1) is 41.7. The Morgan fingerprint density at radius 1 is 0.769 bits per heavy atom. The van der Waals surface area contributed by atoms with Crippen LogP contribution in [0.4, 0.5) is 37.8 Å². The van der Waals surface area contributed by atoms with E-state index >= 15 is 4.39 Å². The number of phenols is 1. The highest BCUT2D eigenvalue weighted by Gasteiger charge is 2.40. The van der Waals surface area contributed by atoms with Gasteiger partial charge >= 0.3 is 6.03 Å². The summed E-state index contributed by atoms with van der Waals surface area (Å²) in [5.74, 6) is 1.32. The number of fused-ring (bicyclic) bond motifs is 1. The molecule has 0 radical (unpaired) electrons. The number of nitrogen functional groups attached to an aromatic ring is 1. The van der Waals surface area contributed by atoms with Gasteiger partial charge in [-0.05, 0) is 143 Å². The van der Waals surface area contributed by atoms with Gasteiger partial charge < -0.3 is 35.0 Å². The van der Waals surface area contributed by atoms with Crippen molar-refractivity contribution in [3.63, 3.8) is 0 Å². The number of likely N-dealkylation sites (tertiary alicyclic amines) is 1. The number of piperazine rings is 1. The van der Waals surface area contributed by atoms with Gasteiger partial charge in [0.25, 0.3) is 0 Å². The van der Waals surface area contributed by atoms with Gasteiger partial charge in [-0.25, -0.2) is 14.2 Å². The molecule has 6 fully saturated rings. The largest absolute Gasteiger partial charge is 0.507 e. The second-order valence-electron chi connectivity index (χ2n) is 19.7. The van der Waals surface area contributed by atoms with Gasteiger partial charge in [-0.2, -0.15) is 0 Å². The van der Waals surface area contributed by atoms with Crippen molar-refractivity contribution in [3.8, 4) is 17.0 Å². The smallest absolute Gasteiger partial charge is 0.328 e. The minimum Gasteiger partial charge on any atom is -0.507 e. The van der Waals surface area contributed by atoms with Crippen LogP contribution in [0.15, 0.2) is 67.0 Å². The molecule has 14 nitrogen and oxygen atoms in total. The number of anilines is 5. The fourth-order valence-corrected chi connectivity index (χ4v) is 11.6. The second-order valence-corrected chi connectivity index (χ2v) is 19.7. The average Bonchev–Trinajstić information content (AvgIpc) is 4.11. The number of amides is 3. The second kappa shape index (κ2) is 17.1. The molecule has 0 bridgehead atoms. The fourth-order valence-electron chi connectivity index (χ4n) is 11.6. The number of aromatic hydroxyl groups is 1. The van der Waals surface area contributed by atoms with Crippen LogP contribution in [0.25, 0.3) is 22.3 Å². The minimum absolute atomic E-state index is 0.152. The van der Waals surface area contributed by atoms with E-state index in [2.05, 4.69) is 51.9 Å². The number of imide groups is 1. The molecule has 3 aromatic heterocycles. The zero-order valence-corrected chi connectivity index (χ0v) is 37.2. The van der Waals surface area contributed by atoms with Crippen LogP contribution in [-0.2, 0) is 4.79 Å². The number of pyridine rings is 1. The van der Waals surface area contributed by atoms with Crippen molar-refractivity contribution >= 4 is 51.5 Å². The third-order valence-electron chi connectivity index (χ3n) is 15.8. The fraction of sp³-hybridized carbons (Fsp3) is 0.500. The number of urea groups is 1. The van der Waals surface area contributed by atoms with E-state index in [4.69, 9.17) is 10.7 Å². The van der Waals surface area contributed by atoms with E-state index in [9.17, 15) is 14.7 Å². The van der Waals surface area contributed by atoms with Gasteiger partial charge in [0.2, 0.25) is 5.91 Å². The van der Waals surface area contributed by atoms with E-state index in [0.29, 0.717) is 59.0 Å². The lowest BCUT2D eigenvalue weighted by molar-refractivity contribution is -0.120. The molecule has 6 aliphatic rings. The van der Waals surface area contributed by atoms with Crippen LogP contribution >= 0.6 is 0 Å². The Morgan fingerprint density at radius 3 is 2.25 bits per heavy atom. The first-order chi connectivity index (χ1) is 31.7. The van der Waals surface area contributed by atoms with Gasteiger partial charge in [-0.1, -0.05) is 12.1 Å². The zero-order valence-electron chi connectivity index (χ0n) is 37.2. The lowest BCUT2D eigenvalue weighted by Gasteiger charge is -2.47. The Labute approximate surface area is 379 Å². The predicted molar refractivity (Wildman–Crippen MR) is 252 cm³/mol. The van der Waals surface area contributed by atoms with Gasteiger partial charge in [0.05, 0.1) is 29.0 Å². The topological polar surface area (TPSA) is 152 Å². The van der Waals surface area contributed by atoms with Crippen LogP contribution in [0.2, 0.25) is 0 Å². The Bertz CT molecular complexity index is 2580. The van der Waals surface area contributed by atoms with Crippen molar-refractivity contribution in [1.29, 1.82) is 0 Å². The normalized spacial score (nSPS) is 21.4. The molecule has 0 atom stereocenters.